The van der Waals surface area contributed by atoms with Gasteiger partial charge in [-0.05, 0) is 18.2 Å². The highest BCUT2D eigenvalue weighted by molar-refractivity contribution is 6.35. The molecule has 0 bridgehead atoms. The number of hydrogen-bond donors (Lipinski definition) is 3. The van der Waals surface area contributed by atoms with Crippen LogP contribution >= 0.6 is 23.2 Å². The molecule has 100 valence electrons. The van der Waals surface area contributed by atoms with Crippen LogP contribution in [-0.2, 0) is 4.79 Å². The Balaban J connectivity index is 2.38. The van der Waals surface area contributed by atoms with Crippen molar-refractivity contribution < 1.29 is 19.7 Å². The molecule has 0 aliphatic rings. The lowest BCUT2D eigenvalue weighted by molar-refractivity contribution is -0.123. The Kier molecular flexibility index (Phi) is 6.21. The summed E-state index contributed by atoms with van der Waals surface area (Å²) in [4.78, 5) is 11.3. The van der Waals surface area contributed by atoms with E-state index in [-0.39, 0.29) is 13.2 Å². The molecule has 0 aliphatic carbocycles. The highest BCUT2D eigenvalue weighted by atomic mass is 35.5. The Morgan fingerprint density at radius 2 is 2.17 bits per heavy atom. The van der Waals surface area contributed by atoms with E-state index in [2.05, 4.69) is 5.32 Å². The van der Waals surface area contributed by atoms with E-state index in [9.17, 15) is 4.79 Å². The van der Waals surface area contributed by atoms with Gasteiger partial charge in [0, 0.05) is 11.6 Å². The third-order valence-corrected chi connectivity index (χ3v) is 2.53. The molecule has 0 aromatic heterocycles. The van der Waals surface area contributed by atoms with E-state index < -0.39 is 18.6 Å². The molecule has 1 unspecified atom stereocenters. The molecule has 0 heterocycles. The van der Waals surface area contributed by atoms with Crippen LogP contribution < -0.4 is 10.1 Å². The van der Waals surface area contributed by atoms with Crippen molar-refractivity contribution in [2.24, 2.45) is 0 Å². The fraction of sp³-hybridized carbons (Fsp3) is 0.364. The van der Waals surface area contributed by atoms with Gasteiger partial charge in [0.05, 0.1) is 17.7 Å². The van der Waals surface area contributed by atoms with Crippen molar-refractivity contribution in [1.82, 2.24) is 5.32 Å². The lowest BCUT2D eigenvalue weighted by Crippen LogP contribution is -2.36. The Bertz CT molecular complexity index is 414. The monoisotopic (exact) mass is 293 g/mol. The molecular formula is C11H13Cl2NO4. The van der Waals surface area contributed by atoms with Gasteiger partial charge in [-0.2, -0.15) is 0 Å². The summed E-state index contributed by atoms with van der Waals surface area (Å²) in [7, 11) is 0. The molecule has 0 spiro atoms. The smallest absolute Gasteiger partial charge is 0.258 e. The Hall–Kier alpha value is -1.01. The van der Waals surface area contributed by atoms with Crippen LogP contribution in [-0.4, -0.2) is 42.0 Å². The number of aliphatic hydroxyl groups excluding tert-OH is 2. The summed E-state index contributed by atoms with van der Waals surface area (Å²) in [6.45, 7) is -0.684. The molecule has 18 heavy (non-hydrogen) atoms. The normalized spacial score (nSPS) is 12.0. The van der Waals surface area contributed by atoms with E-state index in [4.69, 9.17) is 38.2 Å². The van der Waals surface area contributed by atoms with Gasteiger partial charge in [-0.15, -0.1) is 0 Å². The summed E-state index contributed by atoms with van der Waals surface area (Å²) >= 11 is 11.6. The van der Waals surface area contributed by atoms with E-state index in [0.29, 0.717) is 15.8 Å². The Labute approximate surface area is 114 Å². The van der Waals surface area contributed by atoms with Crippen LogP contribution in [0.2, 0.25) is 10.0 Å². The van der Waals surface area contributed by atoms with E-state index in [1.165, 1.54) is 6.07 Å². The number of hydrogen-bond acceptors (Lipinski definition) is 4. The molecule has 0 saturated carbocycles. The summed E-state index contributed by atoms with van der Waals surface area (Å²) < 4.78 is 5.17. The second kappa shape index (κ2) is 7.43. The molecule has 7 heteroatoms. The molecular weight excluding hydrogens is 281 g/mol. The third kappa shape index (κ3) is 5.10. The SMILES string of the molecule is O=C(COc1ccc(Cl)cc1Cl)NCC(O)CO. The Morgan fingerprint density at radius 1 is 1.44 bits per heavy atom. The minimum atomic E-state index is -0.979. The van der Waals surface area contributed by atoms with Gasteiger partial charge in [-0.25, -0.2) is 0 Å². The number of halogens is 2. The summed E-state index contributed by atoms with van der Waals surface area (Å²) in [6, 6.07) is 4.66. The Morgan fingerprint density at radius 3 is 2.78 bits per heavy atom. The number of nitrogens with one attached hydrogen (secondary N) is 1. The zero-order chi connectivity index (χ0) is 13.5. The van der Waals surface area contributed by atoms with Crippen molar-refractivity contribution >= 4 is 29.1 Å². The predicted molar refractivity (Wildman–Crippen MR) is 68.1 cm³/mol. The molecule has 1 aromatic carbocycles. The van der Waals surface area contributed by atoms with Gasteiger partial charge in [0.2, 0.25) is 0 Å². The summed E-state index contributed by atoms with van der Waals surface area (Å²) in [6.07, 6.45) is -0.979. The molecule has 0 fully saturated rings. The average molecular weight is 294 g/mol. The lowest BCUT2D eigenvalue weighted by Gasteiger charge is -2.10. The second-order valence-electron chi connectivity index (χ2n) is 3.50. The highest BCUT2D eigenvalue weighted by Gasteiger charge is 2.08. The maximum atomic E-state index is 11.3. The third-order valence-electron chi connectivity index (χ3n) is 2.00. The van der Waals surface area contributed by atoms with Gasteiger partial charge in [0.25, 0.3) is 5.91 Å². The molecule has 1 rings (SSSR count). The van der Waals surface area contributed by atoms with Crippen LogP contribution in [0.5, 0.6) is 5.75 Å². The summed E-state index contributed by atoms with van der Waals surface area (Å²) in [5, 5.41) is 20.8. The number of carbonyl (C=O) groups is 1. The van der Waals surface area contributed by atoms with Gasteiger partial charge in [0.1, 0.15) is 5.75 Å². The van der Waals surface area contributed by atoms with Crippen LogP contribution in [0.25, 0.3) is 0 Å². The fourth-order valence-corrected chi connectivity index (χ4v) is 1.55. The number of carbonyl (C=O) groups excluding carboxylic acids is 1. The largest absolute Gasteiger partial charge is 0.482 e. The van der Waals surface area contributed by atoms with Crippen LogP contribution in [0.4, 0.5) is 0 Å². The second-order valence-corrected chi connectivity index (χ2v) is 4.35. The van der Waals surface area contributed by atoms with Crippen molar-refractivity contribution in [1.29, 1.82) is 0 Å². The number of ether oxygens (including phenoxy) is 1. The summed E-state index contributed by atoms with van der Waals surface area (Å²) in [5.41, 5.74) is 0. The maximum absolute atomic E-state index is 11.3. The molecule has 1 atom stereocenters. The van der Waals surface area contributed by atoms with Crippen molar-refractivity contribution in [3.8, 4) is 5.75 Å². The minimum absolute atomic E-state index is 0.0347. The van der Waals surface area contributed by atoms with Crippen molar-refractivity contribution in [2.75, 3.05) is 19.8 Å². The highest BCUT2D eigenvalue weighted by Crippen LogP contribution is 2.27. The van der Waals surface area contributed by atoms with Crippen molar-refractivity contribution in [3.63, 3.8) is 0 Å². The zero-order valence-electron chi connectivity index (χ0n) is 9.40. The number of amides is 1. The standard InChI is InChI=1S/C11H13Cl2NO4/c12-7-1-2-10(9(13)3-7)18-6-11(17)14-4-8(16)5-15/h1-3,8,15-16H,4-6H2,(H,14,17). The molecule has 0 saturated heterocycles. The van der Waals surface area contributed by atoms with Gasteiger partial charge in [-0.1, -0.05) is 23.2 Å². The zero-order valence-corrected chi connectivity index (χ0v) is 10.9. The number of benzene rings is 1. The van der Waals surface area contributed by atoms with E-state index >= 15 is 0 Å². The quantitative estimate of drug-likeness (QED) is 0.726. The first-order valence-electron chi connectivity index (χ1n) is 5.16. The van der Waals surface area contributed by atoms with Crippen LogP contribution in [0.15, 0.2) is 18.2 Å². The first-order chi connectivity index (χ1) is 8.52. The fourth-order valence-electron chi connectivity index (χ4n) is 1.08. The van der Waals surface area contributed by atoms with E-state index in [1.54, 1.807) is 12.1 Å². The van der Waals surface area contributed by atoms with Gasteiger partial charge >= 0.3 is 0 Å². The summed E-state index contributed by atoms with van der Waals surface area (Å²) in [5.74, 6) is -0.0764. The van der Waals surface area contributed by atoms with Crippen LogP contribution in [0.1, 0.15) is 0 Å². The predicted octanol–water partition coefficient (Wildman–Crippen LogP) is 0.842. The lowest BCUT2D eigenvalue weighted by atomic mass is 10.3. The van der Waals surface area contributed by atoms with Crippen molar-refractivity contribution in [3.05, 3.63) is 28.2 Å². The number of rotatable bonds is 6. The van der Waals surface area contributed by atoms with E-state index in [1.807, 2.05) is 0 Å². The van der Waals surface area contributed by atoms with Gasteiger partial charge < -0.3 is 20.3 Å². The molecule has 0 radical (unpaired) electrons. The first-order valence-corrected chi connectivity index (χ1v) is 5.92. The first kappa shape index (κ1) is 15.0. The molecule has 1 amide bonds. The van der Waals surface area contributed by atoms with Crippen LogP contribution in [0, 0.1) is 0 Å². The average Bonchev–Trinajstić information content (AvgIpc) is 2.34. The van der Waals surface area contributed by atoms with E-state index in [0.717, 1.165) is 0 Å². The molecule has 5 nitrogen and oxygen atoms in total. The van der Waals surface area contributed by atoms with Gasteiger partial charge in [0.15, 0.2) is 6.61 Å². The molecule has 1 aromatic rings. The molecule has 3 N–H and O–H groups in total. The topological polar surface area (TPSA) is 78.8 Å². The molecule has 0 aliphatic heterocycles. The minimum Gasteiger partial charge on any atom is -0.482 e. The maximum Gasteiger partial charge on any atom is 0.258 e. The van der Waals surface area contributed by atoms with Crippen molar-refractivity contribution in [2.45, 2.75) is 6.10 Å². The number of aliphatic hydroxyl groups is 2. The van der Waals surface area contributed by atoms with Crippen LogP contribution in [0.3, 0.4) is 0 Å². The van der Waals surface area contributed by atoms with Gasteiger partial charge in [-0.3, -0.25) is 4.79 Å².